The van der Waals surface area contributed by atoms with Gasteiger partial charge in [0.2, 0.25) is 5.91 Å². The number of nitrogens with one attached hydrogen (secondary N) is 1. The van der Waals surface area contributed by atoms with Crippen LogP contribution in [0.15, 0.2) is 36.5 Å². The van der Waals surface area contributed by atoms with Gasteiger partial charge in [0.15, 0.2) is 11.6 Å². The summed E-state index contributed by atoms with van der Waals surface area (Å²) >= 11 is 0. The lowest BCUT2D eigenvalue weighted by molar-refractivity contribution is -0.274. The number of pyridine rings is 1. The van der Waals surface area contributed by atoms with Gasteiger partial charge in [-0.05, 0) is 23.8 Å². The van der Waals surface area contributed by atoms with Crippen molar-refractivity contribution in [2.45, 2.75) is 25.8 Å². The second-order valence-electron chi connectivity index (χ2n) is 7.75. The van der Waals surface area contributed by atoms with Crippen LogP contribution in [0, 0.1) is 17.2 Å². The second-order valence-corrected chi connectivity index (χ2v) is 7.75. The molecular formula is C22H22F3N5O4. The van der Waals surface area contributed by atoms with E-state index in [2.05, 4.69) is 15.0 Å². The first-order valence-electron chi connectivity index (χ1n) is 10.3. The molecule has 12 heteroatoms. The van der Waals surface area contributed by atoms with E-state index in [9.17, 15) is 22.8 Å². The molecule has 0 spiro atoms. The Hall–Kier alpha value is -4.01. The van der Waals surface area contributed by atoms with Crippen molar-refractivity contribution >= 4 is 17.6 Å². The van der Waals surface area contributed by atoms with Gasteiger partial charge in [-0.25, -0.2) is 4.98 Å². The van der Waals surface area contributed by atoms with Crippen LogP contribution in [0.3, 0.4) is 0 Å². The van der Waals surface area contributed by atoms with Gasteiger partial charge in [0.1, 0.15) is 18.4 Å². The lowest BCUT2D eigenvalue weighted by Gasteiger charge is -2.19. The van der Waals surface area contributed by atoms with Crippen molar-refractivity contribution in [2.24, 2.45) is 5.92 Å². The largest absolute Gasteiger partial charge is 0.573 e. The number of hydrogen-bond acceptors (Lipinski definition) is 7. The van der Waals surface area contributed by atoms with Gasteiger partial charge in [-0.1, -0.05) is 19.1 Å². The van der Waals surface area contributed by atoms with Gasteiger partial charge >= 0.3 is 6.36 Å². The van der Waals surface area contributed by atoms with E-state index in [0.717, 1.165) is 12.1 Å². The van der Waals surface area contributed by atoms with E-state index in [1.165, 1.54) is 24.4 Å². The van der Waals surface area contributed by atoms with Gasteiger partial charge in [0.25, 0.3) is 5.91 Å². The zero-order valence-corrected chi connectivity index (χ0v) is 18.1. The first-order chi connectivity index (χ1) is 16.1. The van der Waals surface area contributed by atoms with Gasteiger partial charge in [-0.3, -0.25) is 9.59 Å². The van der Waals surface area contributed by atoms with Gasteiger partial charge in [-0.15, -0.1) is 13.2 Å². The van der Waals surface area contributed by atoms with Crippen LogP contribution < -0.4 is 20.5 Å². The number of hydrogen-bond donors (Lipinski definition) is 2. The molecule has 0 bridgehead atoms. The molecule has 180 valence electrons. The molecule has 3 rings (SSSR count). The van der Waals surface area contributed by atoms with E-state index < -0.39 is 18.4 Å². The zero-order chi connectivity index (χ0) is 24.9. The Kier molecular flexibility index (Phi) is 7.45. The molecule has 0 aliphatic carbocycles. The molecule has 3 N–H and O–H groups in total. The number of halogens is 3. The summed E-state index contributed by atoms with van der Waals surface area (Å²) in [6.45, 7) is 2.41. The molecule has 0 unspecified atom stereocenters. The minimum Gasteiger partial charge on any atom is -0.484 e. The first kappa shape index (κ1) is 24.6. The van der Waals surface area contributed by atoms with Crippen LogP contribution in [0.5, 0.6) is 11.5 Å². The summed E-state index contributed by atoms with van der Waals surface area (Å²) < 4.78 is 46.6. The van der Waals surface area contributed by atoms with Gasteiger partial charge < -0.3 is 25.4 Å². The zero-order valence-electron chi connectivity index (χ0n) is 18.1. The molecule has 9 nitrogen and oxygen atoms in total. The number of amides is 2. The summed E-state index contributed by atoms with van der Waals surface area (Å²) in [6, 6.07) is 8.36. The molecule has 2 aromatic rings. The molecule has 2 amide bonds. The normalized spacial score (nSPS) is 17.7. The first-order valence-corrected chi connectivity index (χ1v) is 10.3. The van der Waals surface area contributed by atoms with Crippen molar-refractivity contribution in [1.82, 2.24) is 15.2 Å². The molecule has 1 aromatic carbocycles. The lowest BCUT2D eigenvalue weighted by Crippen LogP contribution is -2.32. The summed E-state index contributed by atoms with van der Waals surface area (Å²) in [5.41, 5.74) is 6.60. The number of anilines is 1. The minimum atomic E-state index is -4.78. The Balaban J connectivity index is 1.60. The maximum Gasteiger partial charge on any atom is 0.573 e. The van der Waals surface area contributed by atoms with E-state index in [-0.39, 0.29) is 54.2 Å². The summed E-state index contributed by atoms with van der Waals surface area (Å²) in [7, 11) is 0. The van der Waals surface area contributed by atoms with Gasteiger partial charge in [-0.2, -0.15) is 5.26 Å². The third kappa shape index (κ3) is 6.50. The fourth-order valence-corrected chi connectivity index (χ4v) is 3.45. The molecule has 0 radical (unpaired) electrons. The molecular weight excluding hydrogens is 455 g/mol. The number of carbonyl (C=O) groups excluding carboxylic acids is 2. The fraction of sp³-hybridized carbons (Fsp3) is 0.364. The summed E-state index contributed by atoms with van der Waals surface area (Å²) in [6.07, 6.45) is -3.91. The summed E-state index contributed by atoms with van der Waals surface area (Å²) in [5, 5.41) is 11.0. The highest BCUT2D eigenvalue weighted by Crippen LogP contribution is 2.28. The number of rotatable bonds is 7. The average molecular weight is 477 g/mol. The molecule has 1 aliphatic heterocycles. The highest BCUT2D eigenvalue weighted by Gasteiger charge is 2.35. The third-order valence-electron chi connectivity index (χ3n) is 5.16. The highest BCUT2D eigenvalue weighted by atomic mass is 19.4. The number of benzene rings is 1. The maximum atomic E-state index is 12.7. The summed E-state index contributed by atoms with van der Waals surface area (Å²) in [4.78, 5) is 30.3. The van der Waals surface area contributed by atoms with Crippen LogP contribution in [0.25, 0.3) is 0 Å². The Morgan fingerprint density at radius 1 is 1.29 bits per heavy atom. The van der Waals surface area contributed by atoms with E-state index in [4.69, 9.17) is 15.7 Å². The van der Waals surface area contributed by atoms with E-state index in [1.54, 1.807) is 11.0 Å². The quantitative estimate of drug-likeness (QED) is 0.585. The topological polar surface area (TPSA) is 131 Å². The molecule has 1 saturated heterocycles. The molecule has 1 aromatic heterocycles. The van der Waals surface area contributed by atoms with E-state index >= 15 is 0 Å². The van der Waals surface area contributed by atoms with Crippen LogP contribution in [0.4, 0.5) is 19.0 Å². The number of nitrogens with zero attached hydrogens (tertiary/aromatic N) is 3. The average Bonchev–Trinajstić information content (AvgIpc) is 3.14. The predicted molar refractivity (Wildman–Crippen MR) is 114 cm³/mol. The third-order valence-corrected chi connectivity index (χ3v) is 5.16. The smallest absolute Gasteiger partial charge is 0.484 e. The Labute approximate surface area is 193 Å². The van der Waals surface area contributed by atoms with E-state index in [0.29, 0.717) is 12.1 Å². The van der Waals surface area contributed by atoms with Crippen LogP contribution in [0.1, 0.15) is 22.8 Å². The van der Waals surface area contributed by atoms with Gasteiger partial charge in [0.05, 0.1) is 24.6 Å². The van der Waals surface area contributed by atoms with Crippen molar-refractivity contribution in [3.8, 4) is 17.6 Å². The van der Waals surface area contributed by atoms with E-state index in [1.807, 2.05) is 6.92 Å². The second kappa shape index (κ2) is 10.3. The van der Waals surface area contributed by atoms with Crippen molar-refractivity contribution in [2.75, 3.05) is 25.4 Å². The SMILES string of the molecule is C[C@H]1CN(C(=O)Cc2ccc(OC(F)(F)F)cc2)C[C@@H]1Oc1cc(C(=O)NCC#N)cnc1N. The highest BCUT2D eigenvalue weighted by molar-refractivity contribution is 5.94. The van der Waals surface area contributed by atoms with Crippen molar-refractivity contribution in [3.05, 3.63) is 47.7 Å². The molecule has 0 saturated carbocycles. The number of alkyl halides is 3. The number of nitriles is 1. The Morgan fingerprint density at radius 3 is 2.65 bits per heavy atom. The van der Waals surface area contributed by atoms with Crippen LogP contribution in [0.2, 0.25) is 0 Å². The molecule has 34 heavy (non-hydrogen) atoms. The standard InChI is InChI=1S/C22H22F3N5O4/c1-13-11-30(19(31)8-14-2-4-16(5-3-14)34-22(23,24)25)12-18(13)33-17-9-15(10-29-20(17)27)21(32)28-7-6-26/h2-5,9-10,13,18H,7-8,11-12H2,1H3,(H2,27,29)(H,28,32)/t13-,18-/m0/s1. The van der Waals surface area contributed by atoms with Crippen LogP contribution in [-0.2, 0) is 11.2 Å². The number of likely N-dealkylation sites (tertiary alicyclic amines) is 1. The van der Waals surface area contributed by atoms with Gasteiger partial charge in [0, 0.05) is 18.7 Å². The van der Waals surface area contributed by atoms with Crippen molar-refractivity contribution in [3.63, 3.8) is 0 Å². The predicted octanol–water partition coefficient (Wildman–Crippen LogP) is 2.28. The molecule has 1 aliphatic rings. The lowest BCUT2D eigenvalue weighted by atomic mass is 10.1. The number of ether oxygens (including phenoxy) is 2. The Morgan fingerprint density at radius 2 is 2.00 bits per heavy atom. The number of aromatic nitrogens is 1. The maximum absolute atomic E-state index is 12.7. The number of nitrogen functional groups attached to an aromatic ring is 1. The fourth-order valence-electron chi connectivity index (χ4n) is 3.45. The monoisotopic (exact) mass is 477 g/mol. The molecule has 2 atom stereocenters. The minimum absolute atomic E-state index is 0.00395. The Bertz CT molecular complexity index is 1090. The van der Waals surface area contributed by atoms with Crippen molar-refractivity contribution < 1.29 is 32.2 Å². The number of nitrogens with two attached hydrogens (primary N) is 1. The summed E-state index contributed by atoms with van der Waals surface area (Å²) in [5.74, 6) is -0.852. The molecule has 1 fully saturated rings. The van der Waals surface area contributed by atoms with Crippen LogP contribution >= 0.6 is 0 Å². The molecule has 2 heterocycles. The van der Waals surface area contributed by atoms with Crippen LogP contribution in [-0.4, -0.2) is 53.8 Å². The number of carbonyl (C=O) groups is 2. The van der Waals surface area contributed by atoms with Crippen molar-refractivity contribution in [1.29, 1.82) is 5.26 Å².